The minimum atomic E-state index is 0.332. The van der Waals surface area contributed by atoms with Crippen LogP contribution in [0.5, 0.6) is 0 Å². The van der Waals surface area contributed by atoms with Crippen molar-refractivity contribution in [3.05, 3.63) is 71.8 Å². The molecule has 0 fully saturated rings. The summed E-state index contributed by atoms with van der Waals surface area (Å²) in [5.41, 5.74) is 9.76. The molecule has 0 atom stereocenters. The van der Waals surface area contributed by atoms with E-state index in [1.807, 2.05) is 60.7 Å². The third kappa shape index (κ3) is 2.46. The van der Waals surface area contributed by atoms with Gasteiger partial charge in [-0.3, -0.25) is 10.9 Å². The number of halogens is 1. The zero-order valence-corrected chi connectivity index (χ0v) is 10.9. The summed E-state index contributed by atoms with van der Waals surface area (Å²) < 4.78 is 0. The van der Waals surface area contributed by atoms with Gasteiger partial charge in [-0.05, 0) is 11.6 Å². The summed E-state index contributed by atoms with van der Waals surface area (Å²) in [4.78, 5) is 4.40. The summed E-state index contributed by atoms with van der Waals surface area (Å²) >= 11 is 5.96. The number of hydrogen-bond donors (Lipinski definition) is 2. The minimum absolute atomic E-state index is 0.332. The second-order valence-electron chi connectivity index (χ2n) is 4.11. The van der Waals surface area contributed by atoms with Crippen LogP contribution in [0.4, 0.5) is 0 Å². The lowest BCUT2D eigenvalue weighted by molar-refractivity contribution is 0.838. The summed E-state index contributed by atoms with van der Waals surface area (Å²) in [5, 5.41) is 0.332. The zero-order chi connectivity index (χ0) is 13.1. The third-order valence-electron chi connectivity index (χ3n) is 2.85. The van der Waals surface area contributed by atoms with E-state index in [1.54, 1.807) is 0 Å². The predicted molar refractivity (Wildman–Crippen MR) is 79.3 cm³/mol. The maximum Gasteiger partial charge on any atom is 0.215 e. The average Bonchev–Trinajstić information content (AvgIpc) is 2.49. The molecule has 1 aliphatic heterocycles. The van der Waals surface area contributed by atoms with E-state index in [9.17, 15) is 0 Å². The van der Waals surface area contributed by atoms with Crippen molar-refractivity contribution in [1.82, 2.24) is 10.9 Å². The van der Waals surface area contributed by atoms with E-state index in [0.717, 1.165) is 22.5 Å². The van der Waals surface area contributed by atoms with Gasteiger partial charge in [-0.1, -0.05) is 60.7 Å². The molecular formula is C15H12ClN3. The van der Waals surface area contributed by atoms with Crippen LogP contribution in [0.15, 0.2) is 65.7 Å². The molecule has 2 aromatic carbocycles. The number of rotatable bonds is 2. The van der Waals surface area contributed by atoms with Gasteiger partial charge in [-0.2, -0.15) is 0 Å². The molecular weight excluding hydrogens is 258 g/mol. The first-order valence-corrected chi connectivity index (χ1v) is 6.34. The Labute approximate surface area is 116 Å². The van der Waals surface area contributed by atoms with Crippen LogP contribution < -0.4 is 10.9 Å². The highest BCUT2D eigenvalue weighted by atomic mass is 35.5. The van der Waals surface area contributed by atoms with E-state index in [1.165, 1.54) is 0 Å². The van der Waals surface area contributed by atoms with E-state index in [4.69, 9.17) is 11.6 Å². The average molecular weight is 270 g/mol. The van der Waals surface area contributed by atoms with Crippen LogP contribution in [0, 0.1) is 0 Å². The van der Waals surface area contributed by atoms with Crippen LogP contribution in [0.3, 0.4) is 0 Å². The number of nitrogens with one attached hydrogen (secondary N) is 2. The van der Waals surface area contributed by atoms with Gasteiger partial charge in [0.25, 0.3) is 0 Å². The number of nitrogens with zero attached hydrogens (tertiary/aromatic N) is 1. The van der Waals surface area contributed by atoms with E-state index in [2.05, 4.69) is 15.8 Å². The molecule has 0 aliphatic carbocycles. The highest BCUT2D eigenvalue weighted by Gasteiger charge is 2.15. The van der Waals surface area contributed by atoms with Gasteiger partial charge in [0.1, 0.15) is 0 Å². The molecule has 1 heterocycles. The van der Waals surface area contributed by atoms with Crippen LogP contribution in [-0.2, 0) is 0 Å². The van der Waals surface area contributed by atoms with E-state index >= 15 is 0 Å². The predicted octanol–water partition coefficient (Wildman–Crippen LogP) is 3.22. The van der Waals surface area contributed by atoms with Gasteiger partial charge in [0.15, 0.2) is 0 Å². The standard InChI is InChI=1S/C15H12ClN3/c16-15-17-13(11-7-3-1-4-8-11)14(18-19-15)12-9-5-2-6-10-12/h1-10,18H,(H,17,19). The molecule has 3 nitrogen and oxygen atoms in total. The Balaban J connectivity index is 2.16. The fourth-order valence-electron chi connectivity index (χ4n) is 1.97. The molecule has 0 bridgehead atoms. The molecule has 0 amide bonds. The monoisotopic (exact) mass is 269 g/mol. The summed E-state index contributed by atoms with van der Waals surface area (Å²) in [6.07, 6.45) is 0. The summed E-state index contributed by atoms with van der Waals surface area (Å²) in [6, 6.07) is 20.0. The molecule has 0 aromatic heterocycles. The molecule has 19 heavy (non-hydrogen) atoms. The first-order chi connectivity index (χ1) is 9.34. The fraction of sp³-hybridized carbons (Fsp3) is 0. The topological polar surface area (TPSA) is 36.4 Å². The summed E-state index contributed by atoms with van der Waals surface area (Å²) in [7, 11) is 0. The number of hydrazine groups is 1. The van der Waals surface area contributed by atoms with Gasteiger partial charge in [-0.25, -0.2) is 4.99 Å². The Bertz CT molecular complexity index is 633. The van der Waals surface area contributed by atoms with Crippen molar-refractivity contribution in [1.29, 1.82) is 0 Å². The second-order valence-corrected chi connectivity index (χ2v) is 4.47. The van der Waals surface area contributed by atoms with E-state index < -0.39 is 0 Å². The molecule has 94 valence electrons. The first-order valence-electron chi connectivity index (χ1n) is 5.96. The number of amidine groups is 1. The normalized spacial score (nSPS) is 14.5. The second kappa shape index (κ2) is 5.16. The maximum absolute atomic E-state index is 5.96. The molecule has 1 aliphatic rings. The fourth-order valence-corrected chi connectivity index (χ4v) is 2.11. The van der Waals surface area contributed by atoms with E-state index in [0.29, 0.717) is 5.29 Å². The van der Waals surface area contributed by atoms with Crippen LogP contribution in [0.1, 0.15) is 11.1 Å². The van der Waals surface area contributed by atoms with Gasteiger partial charge >= 0.3 is 0 Å². The highest BCUT2D eigenvalue weighted by Crippen LogP contribution is 2.27. The molecule has 2 aromatic rings. The van der Waals surface area contributed by atoms with Crippen molar-refractivity contribution < 1.29 is 0 Å². The quantitative estimate of drug-likeness (QED) is 0.822. The number of hydrogen-bond acceptors (Lipinski definition) is 3. The first kappa shape index (κ1) is 11.8. The van der Waals surface area contributed by atoms with Crippen LogP contribution in [-0.4, -0.2) is 5.29 Å². The number of benzene rings is 2. The largest absolute Gasteiger partial charge is 0.296 e. The molecule has 0 radical (unpaired) electrons. The lowest BCUT2D eigenvalue weighted by Crippen LogP contribution is -2.36. The Morgan fingerprint density at radius 1 is 0.737 bits per heavy atom. The minimum Gasteiger partial charge on any atom is -0.296 e. The van der Waals surface area contributed by atoms with Crippen LogP contribution in [0.25, 0.3) is 11.4 Å². The van der Waals surface area contributed by atoms with Crippen molar-refractivity contribution in [2.75, 3.05) is 0 Å². The van der Waals surface area contributed by atoms with Gasteiger partial charge in [0.2, 0.25) is 5.29 Å². The third-order valence-corrected chi connectivity index (χ3v) is 3.03. The van der Waals surface area contributed by atoms with Crippen LogP contribution >= 0.6 is 11.6 Å². The Hall–Kier alpha value is -2.26. The van der Waals surface area contributed by atoms with Gasteiger partial charge < -0.3 is 0 Å². The molecule has 2 N–H and O–H groups in total. The van der Waals surface area contributed by atoms with Crippen molar-refractivity contribution >= 4 is 28.3 Å². The van der Waals surface area contributed by atoms with Crippen molar-refractivity contribution in [2.45, 2.75) is 0 Å². The highest BCUT2D eigenvalue weighted by molar-refractivity contribution is 6.65. The molecule has 4 heteroatoms. The van der Waals surface area contributed by atoms with Crippen LogP contribution in [0.2, 0.25) is 0 Å². The molecule has 0 unspecified atom stereocenters. The Morgan fingerprint density at radius 3 is 1.95 bits per heavy atom. The molecule has 3 rings (SSSR count). The Morgan fingerprint density at radius 2 is 1.32 bits per heavy atom. The molecule has 0 saturated heterocycles. The maximum atomic E-state index is 5.96. The Kier molecular flexibility index (Phi) is 3.21. The zero-order valence-electron chi connectivity index (χ0n) is 10.1. The van der Waals surface area contributed by atoms with Gasteiger partial charge in [0.05, 0.1) is 11.4 Å². The lowest BCUT2D eigenvalue weighted by atomic mass is 10.1. The number of aliphatic imine (C=N–C) groups is 1. The van der Waals surface area contributed by atoms with Crippen molar-refractivity contribution in [3.8, 4) is 0 Å². The van der Waals surface area contributed by atoms with Gasteiger partial charge in [-0.15, -0.1) is 0 Å². The molecule has 0 saturated carbocycles. The van der Waals surface area contributed by atoms with Crippen molar-refractivity contribution in [3.63, 3.8) is 0 Å². The summed E-state index contributed by atoms with van der Waals surface area (Å²) in [5.74, 6) is 0. The van der Waals surface area contributed by atoms with Crippen molar-refractivity contribution in [2.24, 2.45) is 4.99 Å². The molecule has 0 spiro atoms. The smallest absolute Gasteiger partial charge is 0.215 e. The SMILES string of the molecule is ClC1=NC(c2ccccc2)=C(c2ccccc2)NN1. The van der Waals surface area contributed by atoms with Gasteiger partial charge in [0, 0.05) is 11.1 Å². The van der Waals surface area contributed by atoms with E-state index in [-0.39, 0.29) is 0 Å². The summed E-state index contributed by atoms with van der Waals surface area (Å²) in [6.45, 7) is 0. The lowest BCUT2D eigenvalue weighted by Gasteiger charge is -2.20.